The summed E-state index contributed by atoms with van der Waals surface area (Å²) in [6, 6.07) is 18.9. The molecule has 31 heavy (non-hydrogen) atoms. The molecule has 0 saturated carbocycles. The number of rotatable bonds is 7. The van der Waals surface area contributed by atoms with Gasteiger partial charge in [0, 0.05) is 8.95 Å². The van der Waals surface area contributed by atoms with Gasteiger partial charge in [-0.1, -0.05) is 28.1 Å². The molecule has 3 aromatic carbocycles. The number of hydrogen-bond acceptors (Lipinski definition) is 5. The number of hydrazone groups is 1. The lowest BCUT2D eigenvalue weighted by atomic mass is 10.2. The van der Waals surface area contributed by atoms with Crippen LogP contribution in [0.25, 0.3) is 0 Å². The van der Waals surface area contributed by atoms with Crippen LogP contribution in [0.1, 0.15) is 33.2 Å². The number of nitrogens with one attached hydrogen (secondary N) is 1. The monoisotopic (exact) mass is 544 g/mol. The zero-order valence-electron chi connectivity index (χ0n) is 16.5. The standard InChI is InChI=1S/C23H18Br2N2O4/c1-2-30-21-13-15(14-26-27-22(28)18-5-3-4-6-19(18)25)7-12-20(21)31-23(29)16-8-10-17(24)11-9-16/h3-14H,2H2,1H3,(H,27,28)/b26-14+. The number of benzene rings is 3. The Morgan fingerprint density at radius 2 is 1.74 bits per heavy atom. The fourth-order valence-corrected chi connectivity index (χ4v) is 3.30. The first-order valence-corrected chi connectivity index (χ1v) is 10.9. The first kappa shape index (κ1) is 22.7. The van der Waals surface area contributed by atoms with E-state index in [2.05, 4.69) is 42.4 Å². The van der Waals surface area contributed by atoms with Crippen LogP contribution in [-0.2, 0) is 0 Å². The average Bonchev–Trinajstić information content (AvgIpc) is 2.76. The molecule has 0 radical (unpaired) electrons. The molecule has 0 bridgehead atoms. The number of ether oxygens (including phenoxy) is 2. The van der Waals surface area contributed by atoms with Crippen molar-refractivity contribution in [3.05, 3.63) is 92.4 Å². The highest BCUT2D eigenvalue weighted by molar-refractivity contribution is 9.10. The molecule has 0 aliphatic carbocycles. The van der Waals surface area contributed by atoms with E-state index in [1.54, 1.807) is 60.7 Å². The van der Waals surface area contributed by atoms with E-state index in [0.29, 0.717) is 39.3 Å². The molecule has 0 unspecified atom stereocenters. The minimum Gasteiger partial charge on any atom is -0.490 e. The SMILES string of the molecule is CCOc1cc(/C=N/NC(=O)c2ccccc2Br)ccc1OC(=O)c1ccc(Br)cc1. The molecule has 0 aliphatic rings. The van der Waals surface area contributed by atoms with Crippen LogP contribution in [0, 0.1) is 0 Å². The third kappa shape index (κ3) is 6.26. The molecule has 3 rings (SSSR count). The fraction of sp³-hybridized carbons (Fsp3) is 0.0870. The Morgan fingerprint density at radius 3 is 2.45 bits per heavy atom. The molecular formula is C23H18Br2N2O4. The minimum absolute atomic E-state index is 0.296. The van der Waals surface area contributed by atoms with Gasteiger partial charge in [0.2, 0.25) is 0 Å². The van der Waals surface area contributed by atoms with Gasteiger partial charge in [-0.05, 0) is 83.0 Å². The van der Waals surface area contributed by atoms with E-state index in [1.807, 2.05) is 13.0 Å². The van der Waals surface area contributed by atoms with Gasteiger partial charge in [-0.2, -0.15) is 5.10 Å². The second-order valence-corrected chi connectivity index (χ2v) is 7.98. The van der Waals surface area contributed by atoms with Crippen molar-refractivity contribution in [1.82, 2.24) is 5.43 Å². The summed E-state index contributed by atoms with van der Waals surface area (Å²) in [7, 11) is 0. The Balaban J connectivity index is 1.71. The molecule has 3 aromatic rings. The number of nitrogens with zero attached hydrogens (tertiary/aromatic N) is 1. The van der Waals surface area contributed by atoms with Crippen molar-refractivity contribution >= 4 is 50.0 Å². The second kappa shape index (κ2) is 10.9. The lowest BCUT2D eigenvalue weighted by molar-refractivity contribution is 0.0728. The van der Waals surface area contributed by atoms with Gasteiger partial charge < -0.3 is 9.47 Å². The predicted octanol–water partition coefficient (Wildman–Crippen LogP) is 5.59. The smallest absolute Gasteiger partial charge is 0.343 e. The van der Waals surface area contributed by atoms with Gasteiger partial charge in [0.1, 0.15) is 0 Å². The maximum atomic E-state index is 12.4. The molecule has 0 heterocycles. The topological polar surface area (TPSA) is 77.0 Å². The Kier molecular flexibility index (Phi) is 7.97. The molecule has 158 valence electrons. The number of hydrogen-bond donors (Lipinski definition) is 1. The van der Waals surface area contributed by atoms with Gasteiger partial charge in [-0.15, -0.1) is 0 Å². The highest BCUT2D eigenvalue weighted by Crippen LogP contribution is 2.29. The molecule has 1 N–H and O–H groups in total. The van der Waals surface area contributed by atoms with Gasteiger partial charge in [0.05, 0.1) is 23.9 Å². The number of carbonyl (C=O) groups excluding carboxylic acids is 2. The van der Waals surface area contributed by atoms with Gasteiger partial charge in [-0.3, -0.25) is 4.79 Å². The molecule has 0 aromatic heterocycles. The van der Waals surface area contributed by atoms with Gasteiger partial charge in [0.25, 0.3) is 5.91 Å². The number of amides is 1. The molecule has 0 atom stereocenters. The average molecular weight is 546 g/mol. The van der Waals surface area contributed by atoms with E-state index in [0.717, 1.165) is 4.47 Å². The quantitative estimate of drug-likeness (QED) is 0.182. The van der Waals surface area contributed by atoms with Crippen molar-refractivity contribution in [2.24, 2.45) is 5.10 Å². The summed E-state index contributed by atoms with van der Waals surface area (Å²) in [6.07, 6.45) is 1.48. The van der Waals surface area contributed by atoms with Crippen molar-refractivity contribution in [3.8, 4) is 11.5 Å². The van der Waals surface area contributed by atoms with Crippen molar-refractivity contribution in [2.75, 3.05) is 6.61 Å². The molecule has 0 spiro atoms. The first-order valence-electron chi connectivity index (χ1n) is 9.30. The van der Waals surface area contributed by atoms with Gasteiger partial charge in [-0.25, -0.2) is 10.2 Å². The van der Waals surface area contributed by atoms with Crippen LogP contribution in [0.2, 0.25) is 0 Å². The first-order chi connectivity index (χ1) is 15.0. The number of carbonyl (C=O) groups is 2. The Labute approximate surface area is 196 Å². The van der Waals surface area contributed by atoms with Crippen molar-refractivity contribution < 1.29 is 19.1 Å². The fourth-order valence-electron chi connectivity index (χ4n) is 2.57. The molecule has 0 saturated heterocycles. The summed E-state index contributed by atoms with van der Waals surface area (Å²) in [6.45, 7) is 2.22. The molecule has 6 nitrogen and oxygen atoms in total. The lowest BCUT2D eigenvalue weighted by Crippen LogP contribution is -2.18. The van der Waals surface area contributed by atoms with Crippen LogP contribution in [0.4, 0.5) is 0 Å². The third-order valence-electron chi connectivity index (χ3n) is 4.05. The van der Waals surface area contributed by atoms with E-state index < -0.39 is 5.97 Å². The normalized spacial score (nSPS) is 10.7. The van der Waals surface area contributed by atoms with Crippen molar-refractivity contribution in [2.45, 2.75) is 6.92 Å². The van der Waals surface area contributed by atoms with E-state index in [4.69, 9.17) is 9.47 Å². The molecular weight excluding hydrogens is 528 g/mol. The van der Waals surface area contributed by atoms with E-state index in [9.17, 15) is 9.59 Å². The predicted molar refractivity (Wildman–Crippen MR) is 126 cm³/mol. The highest BCUT2D eigenvalue weighted by Gasteiger charge is 2.13. The molecule has 8 heteroatoms. The molecule has 1 amide bonds. The Hall–Kier alpha value is -2.97. The summed E-state index contributed by atoms with van der Waals surface area (Å²) < 4.78 is 12.6. The molecule has 0 aliphatic heterocycles. The van der Waals surface area contributed by atoms with Gasteiger partial charge >= 0.3 is 5.97 Å². The van der Waals surface area contributed by atoms with Crippen LogP contribution in [-0.4, -0.2) is 24.7 Å². The Morgan fingerprint density at radius 1 is 1.00 bits per heavy atom. The molecule has 0 fully saturated rings. The van der Waals surface area contributed by atoms with Crippen molar-refractivity contribution in [3.63, 3.8) is 0 Å². The largest absolute Gasteiger partial charge is 0.490 e. The Bertz CT molecular complexity index is 1110. The number of esters is 1. The highest BCUT2D eigenvalue weighted by atomic mass is 79.9. The summed E-state index contributed by atoms with van der Waals surface area (Å²) in [5.74, 6) is -0.136. The summed E-state index contributed by atoms with van der Waals surface area (Å²) >= 11 is 6.67. The van der Waals surface area contributed by atoms with Crippen LogP contribution >= 0.6 is 31.9 Å². The van der Waals surface area contributed by atoms with Crippen LogP contribution in [0.3, 0.4) is 0 Å². The lowest BCUT2D eigenvalue weighted by Gasteiger charge is -2.11. The second-order valence-electron chi connectivity index (χ2n) is 6.21. The van der Waals surface area contributed by atoms with E-state index in [1.165, 1.54) is 6.21 Å². The van der Waals surface area contributed by atoms with Crippen LogP contribution in [0.15, 0.2) is 80.8 Å². The number of halogens is 2. The van der Waals surface area contributed by atoms with Crippen molar-refractivity contribution in [1.29, 1.82) is 0 Å². The zero-order valence-corrected chi connectivity index (χ0v) is 19.6. The maximum absolute atomic E-state index is 12.4. The summed E-state index contributed by atoms with van der Waals surface area (Å²) in [4.78, 5) is 24.6. The van der Waals surface area contributed by atoms with Crippen LogP contribution < -0.4 is 14.9 Å². The van der Waals surface area contributed by atoms with Crippen LogP contribution in [0.5, 0.6) is 11.5 Å². The third-order valence-corrected chi connectivity index (χ3v) is 5.27. The van der Waals surface area contributed by atoms with E-state index in [-0.39, 0.29) is 5.91 Å². The zero-order chi connectivity index (χ0) is 22.2. The summed E-state index contributed by atoms with van der Waals surface area (Å²) in [5, 5.41) is 3.99. The maximum Gasteiger partial charge on any atom is 0.343 e. The summed E-state index contributed by atoms with van der Waals surface area (Å²) in [5.41, 5.74) is 4.05. The minimum atomic E-state index is -0.490. The van der Waals surface area contributed by atoms with E-state index >= 15 is 0 Å². The van der Waals surface area contributed by atoms with Gasteiger partial charge in [0.15, 0.2) is 11.5 Å².